The molecule has 146 valence electrons. The molecule has 3 aromatic rings. The minimum atomic E-state index is -4.08. The molecule has 0 spiro atoms. The van der Waals surface area contributed by atoms with E-state index >= 15 is 0 Å². The fraction of sp³-hybridized carbons (Fsp3) is 0.118. The molecular weight excluding hydrogens is 406 g/mol. The quantitative estimate of drug-likeness (QED) is 0.328. The van der Waals surface area contributed by atoms with Gasteiger partial charge in [0.05, 0.1) is 11.5 Å². The summed E-state index contributed by atoms with van der Waals surface area (Å²) in [5.41, 5.74) is -0.551. The summed E-state index contributed by atoms with van der Waals surface area (Å²) in [5.74, 6) is 0.0771. The first kappa shape index (κ1) is 19.6. The molecule has 0 aliphatic carbocycles. The second kappa shape index (κ2) is 7.82. The standard InChI is InChI=1S/C17H15N3O6S2/c1-2-25-17(22)26-12-7-3-6-11-10(12)5-4-8-13(11)28(23,24)20-14-9-15(21)19-16(27)18-14/h3-9H,2H2,1H3,(H3,18,19,20,21,27). The van der Waals surface area contributed by atoms with Gasteiger partial charge in [0, 0.05) is 16.8 Å². The normalized spacial score (nSPS) is 11.2. The Bertz CT molecular complexity index is 1240. The van der Waals surface area contributed by atoms with E-state index in [1.807, 2.05) is 0 Å². The Hall–Kier alpha value is -3.18. The molecule has 11 heteroatoms. The molecule has 3 rings (SSSR count). The number of carbonyl (C=O) groups excluding carboxylic acids is 1. The number of carbonyl (C=O) groups is 1. The number of hydrogen-bond acceptors (Lipinski definition) is 7. The summed E-state index contributed by atoms with van der Waals surface area (Å²) in [5, 5.41) is 0.720. The van der Waals surface area contributed by atoms with Crippen molar-refractivity contribution in [1.82, 2.24) is 9.97 Å². The molecule has 0 fully saturated rings. The number of anilines is 1. The number of hydrogen-bond donors (Lipinski definition) is 3. The van der Waals surface area contributed by atoms with Gasteiger partial charge in [-0.1, -0.05) is 24.3 Å². The average molecular weight is 421 g/mol. The molecule has 0 amide bonds. The van der Waals surface area contributed by atoms with Crippen LogP contribution in [0.1, 0.15) is 6.92 Å². The van der Waals surface area contributed by atoms with Gasteiger partial charge in [-0.3, -0.25) is 14.5 Å². The predicted octanol–water partition coefficient (Wildman–Crippen LogP) is 2.92. The number of ether oxygens (including phenoxy) is 2. The number of fused-ring (bicyclic) bond motifs is 1. The molecule has 2 aromatic carbocycles. The zero-order valence-electron chi connectivity index (χ0n) is 14.5. The lowest BCUT2D eigenvalue weighted by Crippen LogP contribution is -2.17. The molecule has 0 aliphatic rings. The smallest absolute Gasteiger partial charge is 0.434 e. The summed E-state index contributed by atoms with van der Waals surface area (Å²) in [6.45, 7) is 1.78. The van der Waals surface area contributed by atoms with Gasteiger partial charge in [0.15, 0.2) is 4.77 Å². The summed E-state index contributed by atoms with van der Waals surface area (Å²) in [6.07, 6.45) is -0.891. The van der Waals surface area contributed by atoms with Crippen LogP contribution in [-0.4, -0.2) is 31.1 Å². The van der Waals surface area contributed by atoms with Gasteiger partial charge in [-0.05, 0) is 31.3 Å². The highest BCUT2D eigenvalue weighted by Gasteiger charge is 2.20. The Morgan fingerprint density at radius 1 is 1.14 bits per heavy atom. The Balaban J connectivity index is 2.06. The van der Waals surface area contributed by atoms with Crippen LogP contribution in [0.4, 0.5) is 10.6 Å². The van der Waals surface area contributed by atoms with Crippen molar-refractivity contribution in [3.8, 4) is 5.75 Å². The van der Waals surface area contributed by atoms with E-state index in [4.69, 9.17) is 21.7 Å². The molecule has 9 nitrogen and oxygen atoms in total. The van der Waals surface area contributed by atoms with E-state index in [0.717, 1.165) is 6.07 Å². The molecule has 1 heterocycles. The Morgan fingerprint density at radius 3 is 2.57 bits per heavy atom. The van der Waals surface area contributed by atoms with Crippen LogP contribution in [-0.2, 0) is 14.8 Å². The molecular formula is C17H15N3O6S2. The predicted molar refractivity (Wildman–Crippen MR) is 105 cm³/mol. The summed E-state index contributed by atoms with van der Waals surface area (Å²) < 4.78 is 37.9. The van der Waals surface area contributed by atoms with Crippen molar-refractivity contribution in [3.05, 3.63) is 57.6 Å². The van der Waals surface area contributed by atoms with E-state index < -0.39 is 21.7 Å². The highest BCUT2D eigenvalue weighted by Crippen LogP contribution is 2.31. The monoisotopic (exact) mass is 421 g/mol. The van der Waals surface area contributed by atoms with Crippen LogP contribution in [0, 0.1) is 4.77 Å². The maximum atomic E-state index is 12.9. The lowest BCUT2D eigenvalue weighted by molar-refractivity contribution is 0.105. The average Bonchev–Trinajstić information content (AvgIpc) is 2.60. The first-order valence-electron chi connectivity index (χ1n) is 8.03. The van der Waals surface area contributed by atoms with E-state index in [-0.39, 0.29) is 27.8 Å². The van der Waals surface area contributed by atoms with Gasteiger partial charge in [0.25, 0.3) is 15.6 Å². The van der Waals surface area contributed by atoms with Gasteiger partial charge in [0.2, 0.25) is 0 Å². The number of aromatic nitrogens is 2. The highest BCUT2D eigenvalue weighted by atomic mass is 32.2. The molecule has 28 heavy (non-hydrogen) atoms. The maximum absolute atomic E-state index is 12.9. The number of benzene rings is 2. The first-order chi connectivity index (χ1) is 13.3. The van der Waals surface area contributed by atoms with Crippen molar-refractivity contribution >= 4 is 45.0 Å². The van der Waals surface area contributed by atoms with Gasteiger partial charge in [-0.2, -0.15) is 0 Å². The third-order valence-electron chi connectivity index (χ3n) is 3.59. The second-order valence-corrected chi connectivity index (χ2v) is 7.56. The molecule has 0 atom stereocenters. The summed E-state index contributed by atoms with van der Waals surface area (Å²) in [4.78, 5) is 27.9. The molecule has 0 aliphatic heterocycles. The molecule has 0 saturated heterocycles. The van der Waals surface area contributed by atoms with Crippen LogP contribution in [0.5, 0.6) is 5.75 Å². The number of H-pyrrole nitrogens is 2. The Labute approximate surface area is 164 Å². The zero-order chi connectivity index (χ0) is 20.3. The molecule has 0 saturated carbocycles. The topological polar surface area (TPSA) is 130 Å². The third-order valence-corrected chi connectivity index (χ3v) is 5.22. The van der Waals surface area contributed by atoms with Crippen molar-refractivity contribution < 1.29 is 22.7 Å². The van der Waals surface area contributed by atoms with Crippen LogP contribution in [0.15, 0.2) is 52.2 Å². The van der Waals surface area contributed by atoms with Crippen molar-refractivity contribution in [1.29, 1.82) is 0 Å². The summed E-state index contributed by atoms with van der Waals surface area (Å²) >= 11 is 4.84. The van der Waals surface area contributed by atoms with Gasteiger partial charge < -0.3 is 14.5 Å². The molecule has 0 unspecified atom stereocenters. The number of aromatic amines is 2. The van der Waals surface area contributed by atoms with Crippen LogP contribution >= 0.6 is 12.2 Å². The van der Waals surface area contributed by atoms with Crippen LogP contribution < -0.4 is 15.0 Å². The third kappa shape index (κ3) is 4.21. The lowest BCUT2D eigenvalue weighted by atomic mass is 10.1. The van der Waals surface area contributed by atoms with E-state index in [0.29, 0.717) is 10.8 Å². The van der Waals surface area contributed by atoms with Crippen LogP contribution in [0.2, 0.25) is 0 Å². The number of rotatable bonds is 5. The number of nitrogens with one attached hydrogen (secondary N) is 3. The van der Waals surface area contributed by atoms with Crippen molar-refractivity contribution in [2.75, 3.05) is 11.3 Å². The fourth-order valence-corrected chi connectivity index (χ4v) is 3.98. The second-order valence-electron chi connectivity index (χ2n) is 5.50. The SMILES string of the molecule is CCOC(=O)Oc1cccc2c(S(=O)(=O)Nc3cc(=O)[nH]c(=S)[nH]3)cccc12. The van der Waals surface area contributed by atoms with Crippen molar-refractivity contribution in [2.45, 2.75) is 11.8 Å². The highest BCUT2D eigenvalue weighted by molar-refractivity contribution is 7.93. The van der Waals surface area contributed by atoms with Gasteiger partial charge in [-0.15, -0.1) is 0 Å². The maximum Gasteiger partial charge on any atom is 0.513 e. The van der Waals surface area contributed by atoms with Crippen LogP contribution in [0.3, 0.4) is 0 Å². The summed E-state index contributed by atoms with van der Waals surface area (Å²) in [6, 6.07) is 10.2. The van der Waals surface area contributed by atoms with Crippen molar-refractivity contribution in [3.63, 3.8) is 0 Å². The van der Waals surface area contributed by atoms with E-state index in [1.165, 1.54) is 18.2 Å². The Morgan fingerprint density at radius 2 is 1.86 bits per heavy atom. The minimum Gasteiger partial charge on any atom is -0.434 e. The largest absolute Gasteiger partial charge is 0.513 e. The molecule has 1 aromatic heterocycles. The van der Waals surface area contributed by atoms with Crippen LogP contribution in [0.25, 0.3) is 10.8 Å². The zero-order valence-corrected chi connectivity index (χ0v) is 16.1. The fourth-order valence-electron chi connectivity index (χ4n) is 2.54. The first-order valence-corrected chi connectivity index (χ1v) is 9.92. The van der Waals surface area contributed by atoms with Gasteiger partial charge in [0.1, 0.15) is 11.6 Å². The van der Waals surface area contributed by atoms with E-state index in [1.54, 1.807) is 25.1 Å². The molecule has 3 N–H and O–H groups in total. The van der Waals surface area contributed by atoms with Gasteiger partial charge >= 0.3 is 6.16 Å². The molecule has 0 bridgehead atoms. The minimum absolute atomic E-state index is 0.0201. The van der Waals surface area contributed by atoms with E-state index in [2.05, 4.69) is 14.7 Å². The Kier molecular flexibility index (Phi) is 5.47. The van der Waals surface area contributed by atoms with E-state index in [9.17, 15) is 18.0 Å². The molecule has 0 radical (unpaired) electrons. The van der Waals surface area contributed by atoms with Crippen molar-refractivity contribution in [2.24, 2.45) is 0 Å². The number of sulfonamides is 1. The van der Waals surface area contributed by atoms with Gasteiger partial charge in [-0.25, -0.2) is 13.2 Å². The summed E-state index contributed by atoms with van der Waals surface area (Å²) in [7, 11) is -4.08. The lowest BCUT2D eigenvalue weighted by Gasteiger charge is -2.12.